The molecule has 0 aliphatic carbocycles. The molecule has 1 aliphatic rings. The second-order valence-electron chi connectivity index (χ2n) is 4.61. The lowest BCUT2D eigenvalue weighted by Gasteiger charge is -1.98. The van der Waals surface area contributed by atoms with Crippen molar-refractivity contribution in [2.75, 3.05) is 0 Å². The number of aromatic nitrogens is 2. The summed E-state index contributed by atoms with van der Waals surface area (Å²) in [5.74, 6) is 0.782. The fraction of sp³-hybridized carbons (Fsp3) is 0.0667. The van der Waals surface area contributed by atoms with Gasteiger partial charge < -0.3 is 0 Å². The molecule has 0 amide bonds. The van der Waals surface area contributed by atoms with Crippen molar-refractivity contribution in [2.24, 2.45) is 0 Å². The van der Waals surface area contributed by atoms with Crippen LogP contribution in [0.2, 0.25) is 0 Å². The van der Waals surface area contributed by atoms with Crippen molar-refractivity contribution in [1.29, 1.82) is 0 Å². The molecule has 0 saturated carbocycles. The van der Waals surface area contributed by atoms with Gasteiger partial charge in [0.25, 0.3) is 5.91 Å². The van der Waals surface area contributed by atoms with Crippen LogP contribution >= 0.6 is 0 Å². The molecular weight excluding hydrogens is 224 g/mol. The van der Waals surface area contributed by atoms with Crippen LogP contribution in [0.1, 0.15) is 15.9 Å². The Kier molecular flexibility index (Phi) is 1.64. The Labute approximate surface area is 104 Å². The predicted octanol–water partition coefficient (Wildman–Crippen LogP) is 3.01. The van der Waals surface area contributed by atoms with Crippen molar-refractivity contribution in [2.45, 2.75) is 6.92 Å². The first-order valence-corrected chi connectivity index (χ1v) is 5.89. The van der Waals surface area contributed by atoms with E-state index in [2.05, 4.69) is 4.98 Å². The highest BCUT2D eigenvalue weighted by Gasteiger charge is 2.29. The van der Waals surface area contributed by atoms with E-state index in [-0.39, 0.29) is 5.91 Å². The number of carbonyl (C=O) groups is 1. The standard InChI is InChI=1S/C15H10N2O/c1-9-6-7-12-13(8-9)17-14(16-12)10-4-2-3-5-11(10)15(17)18/h2-8H,1H3. The molecule has 3 heteroatoms. The predicted molar refractivity (Wildman–Crippen MR) is 69.6 cm³/mol. The molecule has 4 rings (SSSR count). The van der Waals surface area contributed by atoms with Crippen molar-refractivity contribution < 1.29 is 4.79 Å². The fourth-order valence-electron chi connectivity index (χ4n) is 2.56. The van der Waals surface area contributed by atoms with Crippen molar-refractivity contribution in [3.63, 3.8) is 0 Å². The highest BCUT2D eigenvalue weighted by atomic mass is 16.2. The van der Waals surface area contributed by atoms with Gasteiger partial charge in [0.1, 0.15) is 5.82 Å². The summed E-state index contributed by atoms with van der Waals surface area (Å²) in [5, 5.41) is 0. The average molecular weight is 234 g/mol. The molecule has 1 aromatic heterocycles. The van der Waals surface area contributed by atoms with E-state index in [0.717, 1.165) is 33.5 Å². The Hall–Kier alpha value is -2.42. The van der Waals surface area contributed by atoms with Crippen molar-refractivity contribution in [3.8, 4) is 11.4 Å². The first-order chi connectivity index (χ1) is 8.75. The molecule has 0 bridgehead atoms. The van der Waals surface area contributed by atoms with Gasteiger partial charge in [-0.05, 0) is 30.7 Å². The minimum atomic E-state index is 0.0219. The van der Waals surface area contributed by atoms with Gasteiger partial charge >= 0.3 is 0 Å². The summed E-state index contributed by atoms with van der Waals surface area (Å²) >= 11 is 0. The minimum absolute atomic E-state index is 0.0219. The molecule has 3 aromatic rings. The molecule has 0 spiro atoms. The number of benzene rings is 2. The van der Waals surface area contributed by atoms with Gasteiger partial charge in [0, 0.05) is 5.56 Å². The van der Waals surface area contributed by atoms with Crippen molar-refractivity contribution in [3.05, 3.63) is 53.6 Å². The van der Waals surface area contributed by atoms with Crippen LogP contribution in [0.15, 0.2) is 42.5 Å². The number of hydrogen-bond acceptors (Lipinski definition) is 2. The second-order valence-corrected chi connectivity index (χ2v) is 4.61. The topological polar surface area (TPSA) is 34.9 Å². The lowest BCUT2D eigenvalue weighted by Crippen LogP contribution is -2.05. The van der Waals surface area contributed by atoms with Gasteiger partial charge in [0.05, 0.1) is 16.6 Å². The largest absolute Gasteiger partial charge is 0.268 e. The molecule has 0 radical (unpaired) electrons. The van der Waals surface area contributed by atoms with Gasteiger partial charge in [0.15, 0.2) is 0 Å². The van der Waals surface area contributed by atoms with Crippen molar-refractivity contribution in [1.82, 2.24) is 9.55 Å². The quantitative estimate of drug-likeness (QED) is 0.468. The Morgan fingerprint density at radius 1 is 1.06 bits per heavy atom. The molecule has 0 fully saturated rings. The van der Waals surface area contributed by atoms with Crippen LogP contribution in [-0.2, 0) is 0 Å². The number of carbonyl (C=O) groups excluding carboxylic acids is 1. The van der Waals surface area contributed by atoms with E-state index in [4.69, 9.17) is 0 Å². The summed E-state index contributed by atoms with van der Waals surface area (Å²) in [6, 6.07) is 13.6. The molecule has 18 heavy (non-hydrogen) atoms. The zero-order valence-corrected chi connectivity index (χ0v) is 9.84. The van der Waals surface area contributed by atoms with E-state index in [9.17, 15) is 4.79 Å². The number of rotatable bonds is 0. The molecule has 2 aromatic carbocycles. The summed E-state index contributed by atoms with van der Waals surface area (Å²) in [6.45, 7) is 2.02. The third-order valence-electron chi connectivity index (χ3n) is 3.41. The van der Waals surface area contributed by atoms with Crippen LogP contribution in [0.5, 0.6) is 0 Å². The van der Waals surface area contributed by atoms with Crippen LogP contribution in [0, 0.1) is 6.92 Å². The molecule has 0 unspecified atom stereocenters. The minimum Gasteiger partial charge on any atom is -0.268 e. The van der Waals surface area contributed by atoms with Gasteiger partial charge in [-0.2, -0.15) is 0 Å². The molecule has 86 valence electrons. The summed E-state index contributed by atoms with van der Waals surface area (Å²) in [7, 11) is 0. The highest BCUT2D eigenvalue weighted by molar-refractivity contribution is 6.12. The summed E-state index contributed by atoms with van der Waals surface area (Å²) < 4.78 is 1.72. The third kappa shape index (κ3) is 1.03. The second kappa shape index (κ2) is 3.07. The summed E-state index contributed by atoms with van der Waals surface area (Å²) in [6.07, 6.45) is 0. The first kappa shape index (κ1) is 9.59. The van der Waals surface area contributed by atoms with Crippen LogP contribution in [-0.4, -0.2) is 15.5 Å². The summed E-state index contributed by atoms with van der Waals surface area (Å²) in [5.41, 5.74) is 4.57. The molecule has 1 aliphatic heterocycles. The molecule has 2 heterocycles. The Balaban J connectivity index is 2.16. The number of imidazole rings is 1. The van der Waals surface area contributed by atoms with Gasteiger partial charge in [-0.3, -0.25) is 9.36 Å². The fourth-order valence-corrected chi connectivity index (χ4v) is 2.56. The monoisotopic (exact) mass is 234 g/mol. The van der Waals surface area contributed by atoms with E-state index >= 15 is 0 Å². The van der Waals surface area contributed by atoms with Crippen LogP contribution in [0.4, 0.5) is 0 Å². The smallest absolute Gasteiger partial charge is 0.264 e. The molecule has 0 saturated heterocycles. The Morgan fingerprint density at radius 2 is 1.83 bits per heavy atom. The molecule has 0 N–H and O–H groups in total. The van der Waals surface area contributed by atoms with Gasteiger partial charge in [-0.15, -0.1) is 0 Å². The summed E-state index contributed by atoms with van der Waals surface area (Å²) in [4.78, 5) is 17.0. The van der Waals surface area contributed by atoms with E-state index in [1.165, 1.54) is 0 Å². The van der Waals surface area contributed by atoms with E-state index < -0.39 is 0 Å². The van der Waals surface area contributed by atoms with Crippen LogP contribution < -0.4 is 0 Å². The van der Waals surface area contributed by atoms with Crippen molar-refractivity contribution >= 4 is 16.9 Å². The van der Waals surface area contributed by atoms with Crippen LogP contribution in [0.3, 0.4) is 0 Å². The number of hydrogen-bond donors (Lipinski definition) is 0. The van der Waals surface area contributed by atoms with Gasteiger partial charge in [0.2, 0.25) is 0 Å². The molecule has 3 nitrogen and oxygen atoms in total. The number of aryl methyl sites for hydroxylation is 1. The first-order valence-electron chi connectivity index (χ1n) is 5.89. The Bertz CT molecular complexity index is 814. The molecule has 0 atom stereocenters. The van der Waals surface area contributed by atoms with Crippen LogP contribution in [0.25, 0.3) is 22.4 Å². The Morgan fingerprint density at radius 3 is 2.67 bits per heavy atom. The normalized spacial score (nSPS) is 12.8. The van der Waals surface area contributed by atoms with Gasteiger partial charge in [-0.1, -0.05) is 24.3 Å². The zero-order chi connectivity index (χ0) is 12.3. The number of fused-ring (bicyclic) bond motifs is 5. The third-order valence-corrected chi connectivity index (χ3v) is 3.41. The molecular formula is C15H10N2O. The maximum atomic E-state index is 12.4. The SMILES string of the molecule is Cc1ccc2nc3n(c2c1)C(=O)c1ccccc1-3. The average Bonchev–Trinajstić information content (AvgIpc) is 2.87. The maximum Gasteiger partial charge on any atom is 0.264 e. The van der Waals surface area contributed by atoms with E-state index in [1.807, 2.05) is 49.4 Å². The lowest BCUT2D eigenvalue weighted by atomic mass is 10.1. The lowest BCUT2D eigenvalue weighted by molar-refractivity contribution is 0.0973. The highest BCUT2D eigenvalue weighted by Crippen LogP contribution is 2.34. The zero-order valence-electron chi connectivity index (χ0n) is 9.84. The van der Waals surface area contributed by atoms with Gasteiger partial charge in [-0.25, -0.2) is 4.98 Å². The van der Waals surface area contributed by atoms with E-state index in [0.29, 0.717) is 0 Å². The number of nitrogens with zero attached hydrogens (tertiary/aromatic N) is 2. The van der Waals surface area contributed by atoms with E-state index in [1.54, 1.807) is 4.57 Å². The maximum absolute atomic E-state index is 12.4.